The molecule has 0 aliphatic carbocycles. The van der Waals surface area contributed by atoms with Gasteiger partial charge in [0.05, 0.1) is 0 Å². The average molecular weight is 241 g/mol. The Morgan fingerprint density at radius 1 is 1.06 bits per heavy atom. The molecule has 3 nitrogen and oxygen atoms in total. The van der Waals surface area contributed by atoms with E-state index in [2.05, 4.69) is 22.2 Å². The molecule has 2 rings (SSSR count). The van der Waals surface area contributed by atoms with E-state index in [1.807, 2.05) is 42.6 Å². The topological polar surface area (TPSA) is 37.8 Å². The number of nitrogens with zero attached hydrogens (tertiary/aromatic N) is 2. The molecule has 0 amide bonds. The maximum absolute atomic E-state index is 4.52. The van der Waals surface area contributed by atoms with Gasteiger partial charge in [0.15, 0.2) is 0 Å². The zero-order chi connectivity index (χ0) is 12.6. The molecule has 0 atom stereocenters. The van der Waals surface area contributed by atoms with Gasteiger partial charge in [0.2, 0.25) is 5.95 Å². The molecule has 3 heteroatoms. The van der Waals surface area contributed by atoms with E-state index in [1.54, 1.807) is 0 Å². The van der Waals surface area contributed by atoms with Crippen LogP contribution in [0.25, 0.3) is 0 Å². The molecule has 1 aromatic heterocycles. The van der Waals surface area contributed by atoms with E-state index in [0.717, 1.165) is 17.8 Å². The number of unbranched alkanes of at least 4 members (excludes halogenated alkanes) is 2. The van der Waals surface area contributed by atoms with Crippen molar-refractivity contribution in [3.63, 3.8) is 0 Å². The number of aryl methyl sites for hydroxylation is 1. The van der Waals surface area contributed by atoms with Crippen molar-refractivity contribution in [3.05, 3.63) is 48.3 Å². The second kappa shape index (κ2) is 6.74. The van der Waals surface area contributed by atoms with Gasteiger partial charge in [-0.1, -0.05) is 38.0 Å². The largest absolute Gasteiger partial charge is 0.324 e. The van der Waals surface area contributed by atoms with Gasteiger partial charge in [-0.15, -0.1) is 0 Å². The van der Waals surface area contributed by atoms with Crippen molar-refractivity contribution in [2.75, 3.05) is 5.32 Å². The van der Waals surface area contributed by atoms with Crippen LogP contribution in [0.2, 0.25) is 0 Å². The third-order valence-electron chi connectivity index (χ3n) is 2.78. The van der Waals surface area contributed by atoms with E-state index in [4.69, 9.17) is 0 Å². The van der Waals surface area contributed by atoms with Crippen molar-refractivity contribution in [1.82, 2.24) is 9.97 Å². The lowest BCUT2D eigenvalue weighted by Crippen LogP contribution is -1.99. The summed E-state index contributed by atoms with van der Waals surface area (Å²) >= 11 is 0. The van der Waals surface area contributed by atoms with Crippen molar-refractivity contribution < 1.29 is 0 Å². The Bertz CT molecular complexity index is 468. The van der Waals surface area contributed by atoms with Gasteiger partial charge in [-0.3, -0.25) is 0 Å². The molecule has 0 aliphatic heterocycles. The van der Waals surface area contributed by atoms with Crippen LogP contribution in [0.15, 0.2) is 42.6 Å². The van der Waals surface area contributed by atoms with Crippen molar-refractivity contribution >= 4 is 11.6 Å². The molecule has 0 fully saturated rings. The molecule has 0 saturated carbocycles. The van der Waals surface area contributed by atoms with Crippen LogP contribution in [0.1, 0.15) is 31.9 Å². The van der Waals surface area contributed by atoms with Gasteiger partial charge in [0.1, 0.15) is 0 Å². The summed E-state index contributed by atoms with van der Waals surface area (Å²) in [4.78, 5) is 8.76. The Kier molecular flexibility index (Phi) is 4.70. The van der Waals surface area contributed by atoms with Crippen LogP contribution in [0.3, 0.4) is 0 Å². The second-order valence-corrected chi connectivity index (χ2v) is 4.32. The summed E-state index contributed by atoms with van der Waals surface area (Å²) in [7, 11) is 0. The van der Waals surface area contributed by atoms with Crippen LogP contribution in [-0.4, -0.2) is 9.97 Å². The third kappa shape index (κ3) is 3.84. The number of nitrogens with one attached hydrogen (secondary N) is 1. The molecule has 1 N–H and O–H groups in total. The van der Waals surface area contributed by atoms with E-state index in [0.29, 0.717) is 5.95 Å². The van der Waals surface area contributed by atoms with Gasteiger partial charge >= 0.3 is 0 Å². The first-order valence-electron chi connectivity index (χ1n) is 6.52. The third-order valence-corrected chi connectivity index (χ3v) is 2.78. The van der Waals surface area contributed by atoms with Crippen molar-refractivity contribution in [3.8, 4) is 0 Å². The molecule has 1 heterocycles. The maximum atomic E-state index is 4.52. The Labute approximate surface area is 108 Å². The average Bonchev–Trinajstić information content (AvgIpc) is 2.41. The number of anilines is 2. The SMILES string of the molecule is CCCCCc1ccnc(Nc2ccccc2)n1. The number of para-hydroxylation sites is 1. The smallest absolute Gasteiger partial charge is 0.227 e. The van der Waals surface area contributed by atoms with E-state index in [9.17, 15) is 0 Å². The summed E-state index contributed by atoms with van der Waals surface area (Å²) in [5, 5.41) is 3.21. The highest BCUT2D eigenvalue weighted by Crippen LogP contribution is 2.12. The predicted molar refractivity (Wildman–Crippen MR) is 75.0 cm³/mol. The normalized spacial score (nSPS) is 10.3. The van der Waals surface area contributed by atoms with Crippen LogP contribution in [0, 0.1) is 0 Å². The Hall–Kier alpha value is -1.90. The maximum Gasteiger partial charge on any atom is 0.227 e. The fourth-order valence-corrected chi connectivity index (χ4v) is 1.80. The minimum Gasteiger partial charge on any atom is -0.324 e. The van der Waals surface area contributed by atoms with Gasteiger partial charge in [0.25, 0.3) is 0 Å². The van der Waals surface area contributed by atoms with Crippen LogP contribution in [0.5, 0.6) is 0 Å². The number of hydrogen-bond acceptors (Lipinski definition) is 3. The highest BCUT2D eigenvalue weighted by molar-refractivity contribution is 5.52. The molecule has 0 saturated heterocycles. The fraction of sp³-hybridized carbons (Fsp3) is 0.333. The molecule has 1 aromatic carbocycles. The first kappa shape index (κ1) is 12.6. The van der Waals surface area contributed by atoms with Crippen molar-refractivity contribution in [2.24, 2.45) is 0 Å². The predicted octanol–water partition coefficient (Wildman–Crippen LogP) is 3.95. The second-order valence-electron chi connectivity index (χ2n) is 4.32. The molecule has 0 aliphatic rings. The molecule has 0 radical (unpaired) electrons. The Morgan fingerprint density at radius 2 is 1.89 bits per heavy atom. The summed E-state index contributed by atoms with van der Waals surface area (Å²) in [6.07, 6.45) is 6.53. The van der Waals surface area contributed by atoms with E-state index >= 15 is 0 Å². The molecule has 0 bridgehead atoms. The zero-order valence-corrected chi connectivity index (χ0v) is 10.8. The quantitative estimate of drug-likeness (QED) is 0.778. The number of aromatic nitrogens is 2. The number of benzene rings is 1. The molecule has 18 heavy (non-hydrogen) atoms. The van der Waals surface area contributed by atoms with E-state index in [1.165, 1.54) is 19.3 Å². The van der Waals surface area contributed by atoms with Crippen LogP contribution < -0.4 is 5.32 Å². The lowest BCUT2D eigenvalue weighted by molar-refractivity contribution is 0.706. The first-order valence-corrected chi connectivity index (χ1v) is 6.52. The first-order chi connectivity index (χ1) is 8.88. The van der Waals surface area contributed by atoms with E-state index in [-0.39, 0.29) is 0 Å². The van der Waals surface area contributed by atoms with Crippen LogP contribution in [-0.2, 0) is 6.42 Å². The molecule has 0 spiro atoms. The number of rotatable bonds is 6. The summed E-state index contributed by atoms with van der Waals surface area (Å²) in [6, 6.07) is 12.0. The molecule has 2 aromatic rings. The summed E-state index contributed by atoms with van der Waals surface area (Å²) in [6.45, 7) is 2.21. The van der Waals surface area contributed by atoms with Gasteiger partial charge in [-0.25, -0.2) is 9.97 Å². The summed E-state index contributed by atoms with van der Waals surface area (Å²) < 4.78 is 0. The van der Waals surface area contributed by atoms with Gasteiger partial charge in [-0.05, 0) is 31.0 Å². The van der Waals surface area contributed by atoms with E-state index < -0.39 is 0 Å². The monoisotopic (exact) mass is 241 g/mol. The minimum atomic E-state index is 0.676. The molecular formula is C15H19N3. The number of hydrogen-bond donors (Lipinski definition) is 1. The molecule has 94 valence electrons. The lowest BCUT2D eigenvalue weighted by atomic mass is 10.1. The van der Waals surface area contributed by atoms with Crippen LogP contribution in [0.4, 0.5) is 11.6 Å². The highest BCUT2D eigenvalue weighted by atomic mass is 15.1. The summed E-state index contributed by atoms with van der Waals surface area (Å²) in [5.41, 5.74) is 2.13. The van der Waals surface area contributed by atoms with Crippen molar-refractivity contribution in [1.29, 1.82) is 0 Å². The minimum absolute atomic E-state index is 0.676. The lowest BCUT2D eigenvalue weighted by Gasteiger charge is -2.06. The zero-order valence-electron chi connectivity index (χ0n) is 10.8. The Balaban J connectivity index is 1.99. The molecular weight excluding hydrogens is 222 g/mol. The summed E-state index contributed by atoms with van der Waals surface area (Å²) in [5.74, 6) is 0.676. The van der Waals surface area contributed by atoms with Gasteiger partial charge in [0, 0.05) is 17.6 Å². The Morgan fingerprint density at radius 3 is 2.67 bits per heavy atom. The van der Waals surface area contributed by atoms with Crippen LogP contribution >= 0.6 is 0 Å². The highest BCUT2D eigenvalue weighted by Gasteiger charge is 1.99. The van der Waals surface area contributed by atoms with Gasteiger partial charge < -0.3 is 5.32 Å². The standard InChI is InChI=1S/C15H19N3/c1-2-3-5-8-14-11-12-16-15(18-14)17-13-9-6-4-7-10-13/h4,6-7,9-12H,2-3,5,8H2,1H3,(H,16,17,18). The molecule has 0 unspecified atom stereocenters. The fourth-order valence-electron chi connectivity index (χ4n) is 1.80. The van der Waals surface area contributed by atoms with Gasteiger partial charge in [-0.2, -0.15) is 0 Å². The van der Waals surface area contributed by atoms with Crippen molar-refractivity contribution in [2.45, 2.75) is 32.6 Å².